The molecule has 0 aliphatic carbocycles. The van der Waals surface area contributed by atoms with Crippen molar-refractivity contribution in [3.05, 3.63) is 71.9 Å². The van der Waals surface area contributed by atoms with E-state index in [0.29, 0.717) is 0 Å². The molecular formula is C25H32N4O. The Bertz CT molecular complexity index is 971. The van der Waals surface area contributed by atoms with E-state index in [2.05, 4.69) is 83.2 Å². The van der Waals surface area contributed by atoms with E-state index in [1.54, 1.807) is 0 Å². The SMILES string of the molecule is CN(C)CCCn1ccc2cc(C(=O)N3CCN(Cc4ccccc4)CC3)ccc21. The van der Waals surface area contributed by atoms with Gasteiger partial charge < -0.3 is 14.4 Å². The number of nitrogens with zero attached hydrogens (tertiary/aromatic N) is 4. The van der Waals surface area contributed by atoms with Crippen LogP contribution in [-0.4, -0.2) is 72.0 Å². The topological polar surface area (TPSA) is 31.7 Å². The lowest BCUT2D eigenvalue weighted by Crippen LogP contribution is -2.48. The van der Waals surface area contributed by atoms with Gasteiger partial charge in [-0.05, 0) is 56.9 Å². The van der Waals surface area contributed by atoms with Crippen LogP contribution in [0.5, 0.6) is 0 Å². The maximum atomic E-state index is 13.1. The number of piperazine rings is 1. The lowest BCUT2D eigenvalue weighted by molar-refractivity contribution is 0.0628. The highest BCUT2D eigenvalue weighted by molar-refractivity contribution is 5.98. The van der Waals surface area contributed by atoms with Crippen molar-refractivity contribution < 1.29 is 4.79 Å². The fourth-order valence-electron chi connectivity index (χ4n) is 4.22. The van der Waals surface area contributed by atoms with Gasteiger partial charge in [-0.1, -0.05) is 30.3 Å². The van der Waals surface area contributed by atoms with Gasteiger partial charge in [0.1, 0.15) is 0 Å². The predicted molar refractivity (Wildman–Crippen MR) is 123 cm³/mol. The first-order valence-electron chi connectivity index (χ1n) is 10.9. The summed E-state index contributed by atoms with van der Waals surface area (Å²) >= 11 is 0. The van der Waals surface area contributed by atoms with Crippen LogP contribution in [0.3, 0.4) is 0 Å². The third-order valence-electron chi connectivity index (χ3n) is 5.93. The van der Waals surface area contributed by atoms with Crippen molar-refractivity contribution in [3.63, 3.8) is 0 Å². The number of aryl methyl sites for hydroxylation is 1. The normalized spacial score (nSPS) is 15.2. The van der Waals surface area contributed by atoms with Gasteiger partial charge in [0.25, 0.3) is 5.91 Å². The Morgan fingerprint density at radius 3 is 2.47 bits per heavy atom. The van der Waals surface area contributed by atoms with Gasteiger partial charge >= 0.3 is 0 Å². The van der Waals surface area contributed by atoms with Crippen LogP contribution in [0.1, 0.15) is 22.3 Å². The molecule has 2 aromatic carbocycles. The van der Waals surface area contributed by atoms with E-state index in [0.717, 1.165) is 63.2 Å². The molecule has 1 amide bonds. The zero-order chi connectivity index (χ0) is 20.9. The zero-order valence-corrected chi connectivity index (χ0v) is 18.1. The Morgan fingerprint density at radius 1 is 0.967 bits per heavy atom. The summed E-state index contributed by atoms with van der Waals surface area (Å²) in [5.74, 6) is 0.150. The highest BCUT2D eigenvalue weighted by Crippen LogP contribution is 2.20. The van der Waals surface area contributed by atoms with Crippen molar-refractivity contribution in [1.82, 2.24) is 19.3 Å². The molecule has 1 aromatic heterocycles. The van der Waals surface area contributed by atoms with Gasteiger partial charge in [-0.25, -0.2) is 0 Å². The maximum Gasteiger partial charge on any atom is 0.253 e. The molecule has 0 atom stereocenters. The lowest BCUT2D eigenvalue weighted by atomic mass is 10.1. The molecule has 158 valence electrons. The molecule has 0 unspecified atom stereocenters. The minimum absolute atomic E-state index is 0.150. The molecule has 30 heavy (non-hydrogen) atoms. The molecule has 1 aliphatic heterocycles. The van der Waals surface area contributed by atoms with Crippen molar-refractivity contribution in [2.45, 2.75) is 19.5 Å². The highest BCUT2D eigenvalue weighted by Gasteiger charge is 2.22. The molecule has 0 spiro atoms. The number of carbonyl (C=O) groups is 1. The number of hydrogen-bond acceptors (Lipinski definition) is 3. The number of fused-ring (bicyclic) bond motifs is 1. The van der Waals surface area contributed by atoms with E-state index in [9.17, 15) is 4.79 Å². The molecule has 3 aromatic rings. The number of rotatable bonds is 7. The summed E-state index contributed by atoms with van der Waals surface area (Å²) in [6.07, 6.45) is 3.25. The minimum Gasteiger partial charge on any atom is -0.347 e. The fraction of sp³-hybridized carbons (Fsp3) is 0.400. The third kappa shape index (κ3) is 4.91. The van der Waals surface area contributed by atoms with Gasteiger partial charge in [-0.3, -0.25) is 9.69 Å². The number of carbonyl (C=O) groups excluding carboxylic acids is 1. The van der Waals surface area contributed by atoms with Crippen molar-refractivity contribution in [2.75, 3.05) is 46.8 Å². The quantitative estimate of drug-likeness (QED) is 0.604. The van der Waals surface area contributed by atoms with Crippen molar-refractivity contribution in [2.24, 2.45) is 0 Å². The summed E-state index contributed by atoms with van der Waals surface area (Å²) in [6.45, 7) is 6.45. The Labute approximate surface area is 179 Å². The van der Waals surface area contributed by atoms with Gasteiger partial charge in [0, 0.05) is 61.9 Å². The molecular weight excluding hydrogens is 372 g/mol. The minimum atomic E-state index is 0.150. The first kappa shape index (κ1) is 20.6. The zero-order valence-electron chi connectivity index (χ0n) is 18.1. The Balaban J connectivity index is 1.35. The van der Waals surface area contributed by atoms with Crippen LogP contribution in [0.2, 0.25) is 0 Å². The average molecular weight is 405 g/mol. The van der Waals surface area contributed by atoms with Crippen molar-refractivity contribution in [1.29, 1.82) is 0 Å². The Morgan fingerprint density at radius 2 is 1.73 bits per heavy atom. The fourth-order valence-corrected chi connectivity index (χ4v) is 4.22. The highest BCUT2D eigenvalue weighted by atomic mass is 16.2. The monoisotopic (exact) mass is 404 g/mol. The molecule has 0 radical (unpaired) electrons. The van der Waals surface area contributed by atoms with Crippen LogP contribution in [0.15, 0.2) is 60.8 Å². The molecule has 0 saturated carbocycles. The largest absolute Gasteiger partial charge is 0.347 e. The van der Waals surface area contributed by atoms with E-state index >= 15 is 0 Å². The molecule has 1 fully saturated rings. The summed E-state index contributed by atoms with van der Waals surface area (Å²) in [6, 6.07) is 18.8. The Kier molecular flexibility index (Phi) is 6.50. The van der Waals surface area contributed by atoms with Gasteiger partial charge in [0.2, 0.25) is 0 Å². The summed E-state index contributed by atoms with van der Waals surface area (Å²) in [4.78, 5) is 19.7. The summed E-state index contributed by atoms with van der Waals surface area (Å²) in [7, 11) is 4.21. The molecule has 5 nitrogen and oxygen atoms in total. The van der Waals surface area contributed by atoms with E-state index in [4.69, 9.17) is 0 Å². The smallest absolute Gasteiger partial charge is 0.253 e. The number of benzene rings is 2. The van der Waals surface area contributed by atoms with Gasteiger partial charge in [-0.2, -0.15) is 0 Å². The van der Waals surface area contributed by atoms with Crippen LogP contribution >= 0.6 is 0 Å². The second kappa shape index (κ2) is 9.45. The Hall–Kier alpha value is -2.63. The molecule has 1 saturated heterocycles. The molecule has 4 rings (SSSR count). The first-order chi connectivity index (χ1) is 14.6. The van der Waals surface area contributed by atoms with E-state index < -0.39 is 0 Å². The molecule has 0 N–H and O–H groups in total. The van der Waals surface area contributed by atoms with Crippen LogP contribution < -0.4 is 0 Å². The molecule has 0 bridgehead atoms. The van der Waals surface area contributed by atoms with Gasteiger partial charge in [0.15, 0.2) is 0 Å². The first-order valence-corrected chi connectivity index (χ1v) is 10.9. The van der Waals surface area contributed by atoms with Crippen LogP contribution in [0.4, 0.5) is 0 Å². The maximum absolute atomic E-state index is 13.1. The average Bonchev–Trinajstić information content (AvgIpc) is 3.16. The second-order valence-electron chi connectivity index (χ2n) is 8.49. The summed E-state index contributed by atoms with van der Waals surface area (Å²) < 4.78 is 2.29. The second-order valence-corrected chi connectivity index (χ2v) is 8.49. The molecule has 5 heteroatoms. The summed E-state index contributed by atoms with van der Waals surface area (Å²) in [5, 5.41) is 1.15. The standard InChI is InChI=1S/C25H32N4O/c1-26(2)12-6-13-28-14-11-22-19-23(9-10-24(22)28)25(30)29-17-15-27(16-18-29)20-21-7-4-3-5-8-21/h3-5,7-11,14,19H,6,12-13,15-18,20H2,1-2H3. The molecule has 2 heterocycles. The van der Waals surface area contributed by atoms with Crippen LogP contribution in [0.25, 0.3) is 10.9 Å². The van der Waals surface area contributed by atoms with Gasteiger partial charge in [0.05, 0.1) is 0 Å². The van der Waals surface area contributed by atoms with E-state index in [-0.39, 0.29) is 5.91 Å². The number of hydrogen-bond donors (Lipinski definition) is 0. The number of aromatic nitrogens is 1. The van der Waals surface area contributed by atoms with Crippen molar-refractivity contribution >= 4 is 16.8 Å². The molecule has 1 aliphatic rings. The summed E-state index contributed by atoms with van der Waals surface area (Å²) in [5.41, 5.74) is 3.33. The van der Waals surface area contributed by atoms with E-state index in [1.807, 2.05) is 11.0 Å². The van der Waals surface area contributed by atoms with Crippen LogP contribution in [-0.2, 0) is 13.1 Å². The van der Waals surface area contributed by atoms with E-state index in [1.165, 1.54) is 11.1 Å². The van der Waals surface area contributed by atoms with Crippen molar-refractivity contribution in [3.8, 4) is 0 Å². The third-order valence-corrected chi connectivity index (χ3v) is 5.93. The predicted octanol–water partition coefficient (Wildman–Crippen LogP) is 3.55. The number of amides is 1. The van der Waals surface area contributed by atoms with Crippen LogP contribution in [0, 0.1) is 0 Å². The lowest BCUT2D eigenvalue weighted by Gasteiger charge is -2.34. The van der Waals surface area contributed by atoms with Gasteiger partial charge in [-0.15, -0.1) is 0 Å².